The van der Waals surface area contributed by atoms with E-state index < -0.39 is 29.5 Å². The fourth-order valence-electron chi connectivity index (χ4n) is 5.16. The van der Waals surface area contributed by atoms with Gasteiger partial charge in [0.05, 0.1) is 11.5 Å². The van der Waals surface area contributed by atoms with Crippen LogP contribution in [0.15, 0.2) is 48.5 Å². The lowest BCUT2D eigenvalue weighted by Gasteiger charge is -2.44. The standard InChI is InChI=1S/C26H30F2N4O3/c27-18-10-11-19(21(28)16-18)26(35)32-14-12-31(13-15-32)22-9-5-4-8-20(22)25(34)30-23(24(29)33)17-6-2-1-3-7-17/h1-3,6-7,10-11,16,20,22-23H,4-5,8-9,12-15H2,(H2,29,33)(H,30,34)/t20-,22?,23+/m1/s1. The zero-order valence-electron chi connectivity index (χ0n) is 19.5. The van der Waals surface area contributed by atoms with E-state index in [1.54, 1.807) is 29.2 Å². The third kappa shape index (κ3) is 5.67. The molecule has 9 heteroatoms. The number of rotatable bonds is 6. The Hall–Kier alpha value is -3.33. The largest absolute Gasteiger partial charge is 0.368 e. The van der Waals surface area contributed by atoms with Crippen LogP contribution in [0.5, 0.6) is 0 Å². The molecule has 3 amide bonds. The van der Waals surface area contributed by atoms with Crippen LogP contribution in [0.3, 0.4) is 0 Å². The monoisotopic (exact) mass is 484 g/mol. The van der Waals surface area contributed by atoms with Crippen molar-refractivity contribution in [3.8, 4) is 0 Å². The molecule has 0 aromatic heterocycles. The predicted octanol–water partition coefficient (Wildman–Crippen LogP) is 2.62. The van der Waals surface area contributed by atoms with Crippen molar-refractivity contribution in [2.24, 2.45) is 11.7 Å². The maximum Gasteiger partial charge on any atom is 0.256 e. The number of nitrogens with one attached hydrogen (secondary N) is 1. The summed E-state index contributed by atoms with van der Waals surface area (Å²) in [5.74, 6) is -3.18. The number of carbonyl (C=O) groups excluding carboxylic acids is 3. The van der Waals surface area contributed by atoms with Crippen molar-refractivity contribution in [3.63, 3.8) is 0 Å². The Bertz CT molecular complexity index is 1070. The highest BCUT2D eigenvalue weighted by Crippen LogP contribution is 2.30. The van der Waals surface area contributed by atoms with Crippen LogP contribution in [0.2, 0.25) is 0 Å². The minimum Gasteiger partial charge on any atom is -0.368 e. The number of hydrogen-bond acceptors (Lipinski definition) is 4. The van der Waals surface area contributed by atoms with Crippen molar-refractivity contribution < 1.29 is 23.2 Å². The molecule has 186 valence electrons. The zero-order chi connectivity index (χ0) is 24.9. The lowest BCUT2D eigenvalue weighted by atomic mass is 9.82. The average Bonchev–Trinajstić information content (AvgIpc) is 2.87. The summed E-state index contributed by atoms with van der Waals surface area (Å²) in [6, 6.07) is 11.0. The summed E-state index contributed by atoms with van der Waals surface area (Å²) >= 11 is 0. The van der Waals surface area contributed by atoms with Crippen molar-refractivity contribution >= 4 is 17.7 Å². The van der Waals surface area contributed by atoms with Crippen LogP contribution < -0.4 is 11.1 Å². The molecule has 2 aliphatic rings. The predicted molar refractivity (Wildman–Crippen MR) is 126 cm³/mol. The van der Waals surface area contributed by atoms with Gasteiger partial charge in [-0.1, -0.05) is 43.2 Å². The lowest BCUT2D eigenvalue weighted by molar-refractivity contribution is -0.133. The summed E-state index contributed by atoms with van der Waals surface area (Å²) in [6.07, 6.45) is 3.46. The van der Waals surface area contributed by atoms with Gasteiger partial charge in [-0.25, -0.2) is 8.78 Å². The highest BCUT2D eigenvalue weighted by molar-refractivity contribution is 5.94. The molecule has 1 saturated carbocycles. The average molecular weight is 485 g/mol. The summed E-state index contributed by atoms with van der Waals surface area (Å²) in [5.41, 5.74) is 6.08. The Morgan fingerprint density at radius 1 is 0.943 bits per heavy atom. The fraction of sp³-hybridized carbons (Fsp3) is 0.423. The van der Waals surface area contributed by atoms with Gasteiger partial charge in [-0.15, -0.1) is 0 Å². The maximum absolute atomic E-state index is 14.1. The molecule has 1 unspecified atom stereocenters. The van der Waals surface area contributed by atoms with E-state index in [1.165, 1.54) is 6.07 Å². The van der Waals surface area contributed by atoms with Crippen molar-refractivity contribution in [2.75, 3.05) is 26.2 Å². The molecule has 1 heterocycles. The molecule has 1 aliphatic heterocycles. The van der Waals surface area contributed by atoms with Crippen molar-refractivity contribution in [1.29, 1.82) is 0 Å². The molecule has 3 atom stereocenters. The molecule has 35 heavy (non-hydrogen) atoms. The van der Waals surface area contributed by atoms with Crippen LogP contribution in [-0.2, 0) is 9.59 Å². The highest BCUT2D eigenvalue weighted by atomic mass is 19.1. The van der Waals surface area contributed by atoms with Gasteiger partial charge in [0.25, 0.3) is 5.91 Å². The van der Waals surface area contributed by atoms with Crippen LogP contribution in [0.4, 0.5) is 8.78 Å². The number of amides is 3. The first-order valence-corrected chi connectivity index (χ1v) is 12.0. The SMILES string of the molecule is NC(=O)[C@@H](NC(=O)[C@@H]1CCCCC1N1CCN(C(=O)c2ccc(F)cc2F)CC1)c1ccccc1. The molecular formula is C26H30F2N4O3. The van der Waals surface area contributed by atoms with Crippen LogP contribution in [0, 0.1) is 17.6 Å². The number of carbonyl (C=O) groups is 3. The first-order valence-electron chi connectivity index (χ1n) is 12.0. The van der Waals surface area contributed by atoms with Gasteiger partial charge in [0.1, 0.15) is 17.7 Å². The molecule has 0 radical (unpaired) electrons. The molecule has 1 aliphatic carbocycles. The quantitative estimate of drug-likeness (QED) is 0.659. The van der Waals surface area contributed by atoms with Crippen molar-refractivity contribution in [2.45, 2.75) is 37.8 Å². The molecule has 4 rings (SSSR count). The maximum atomic E-state index is 14.1. The van der Waals surface area contributed by atoms with Gasteiger partial charge in [-0.05, 0) is 30.5 Å². The first-order chi connectivity index (χ1) is 16.8. The summed E-state index contributed by atoms with van der Waals surface area (Å²) in [5, 5.41) is 2.85. The second kappa shape index (κ2) is 10.9. The van der Waals surface area contributed by atoms with Gasteiger partial charge < -0.3 is 16.0 Å². The molecule has 0 bridgehead atoms. The second-order valence-electron chi connectivity index (χ2n) is 9.17. The Balaban J connectivity index is 1.40. The normalized spacial score (nSPS) is 21.8. The summed E-state index contributed by atoms with van der Waals surface area (Å²) < 4.78 is 27.3. The number of halogens is 2. The van der Waals surface area contributed by atoms with Crippen molar-refractivity contribution in [1.82, 2.24) is 15.1 Å². The number of primary amides is 1. The molecule has 2 aromatic carbocycles. The van der Waals surface area contributed by atoms with E-state index in [0.717, 1.165) is 25.3 Å². The Morgan fingerprint density at radius 3 is 2.29 bits per heavy atom. The number of piperazine rings is 1. The Morgan fingerprint density at radius 2 is 1.63 bits per heavy atom. The third-order valence-corrected chi connectivity index (χ3v) is 7.00. The minimum atomic E-state index is -0.897. The van der Waals surface area contributed by atoms with Crippen LogP contribution in [-0.4, -0.2) is 59.7 Å². The topological polar surface area (TPSA) is 95.7 Å². The summed E-state index contributed by atoms with van der Waals surface area (Å²) in [7, 11) is 0. The van der Waals surface area contributed by atoms with Crippen molar-refractivity contribution in [3.05, 3.63) is 71.3 Å². The Labute approximate surface area is 203 Å². The molecule has 3 N–H and O–H groups in total. The minimum absolute atomic E-state index is 0.0205. The van der Waals surface area contributed by atoms with Crippen LogP contribution in [0.1, 0.15) is 47.6 Å². The number of nitrogens with zero attached hydrogens (tertiary/aromatic N) is 2. The number of nitrogens with two attached hydrogens (primary N) is 1. The van der Waals surface area contributed by atoms with E-state index in [9.17, 15) is 23.2 Å². The second-order valence-corrected chi connectivity index (χ2v) is 9.17. The molecular weight excluding hydrogens is 454 g/mol. The van der Waals surface area contributed by atoms with Crippen LogP contribution in [0.25, 0.3) is 0 Å². The third-order valence-electron chi connectivity index (χ3n) is 7.00. The van der Waals surface area contributed by atoms with Gasteiger partial charge in [0.15, 0.2) is 0 Å². The van der Waals surface area contributed by atoms with E-state index >= 15 is 0 Å². The molecule has 2 aromatic rings. The van der Waals surface area contributed by atoms with E-state index in [1.807, 2.05) is 6.07 Å². The zero-order valence-corrected chi connectivity index (χ0v) is 19.5. The highest BCUT2D eigenvalue weighted by Gasteiger charge is 2.38. The van der Waals surface area contributed by atoms with E-state index in [0.29, 0.717) is 44.2 Å². The Kier molecular flexibility index (Phi) is 7.75. The molecule has 1 saturated heterocycles. The van der Waals surface area contributed by atoms with Gasteiger partial charge in [0.2, 0.25) is 11.8 Å². The van der Waals surface area contributed by atoms with E-state index in [4.69, 9.17) is 5.73 Å². The number of benzene rings is 2. The summed E-state index contributed by atoms with van der Waals surface area (Å²) in [4.78, 5) is 41.9. The molecule has 0 spiro atoms. The van der Waals surface area contributed by atoms with E-state index in [2.05, 4.69) is 10.2 Å². The summed E-state index contributed by atoms with van der Waals surface area (Å²) in [6.45, 7) is 1.85. The van der Waals surface area contributed by atoms with E-state index in [-0.39, 0.29) is 23.4 Å². The number of hydrogen-bond donors (Lipinski definition) is 2. The van der Waals surface area contributed by atoms with Gasteiger partial charge in [-0.3, -0.25) is 19.3 Å². The lowest BCUT2D eigenvalue weighted by Crippen LogP contribution is -2.56. The molecule has 7 nitrogen and oxygen atoms in total. The first kappa shape index (κ1) is 24.8. The fourth-order valence-corrected chi connectivity index (χ4v) is 5.16. The molecule has 2 fully saturated rings. The van der Waals surface area contributed by atoms with Gasteiger partial charge in [-0.2, -0.15) is 0 Å². The van der Waals surface area contributed by atoms with Gasteiger partial charge >= 0.3 is 0 Å². The smallest absolute Gasteiger partial charge is 0.256 e. The van der Waals surface area contributed by atoms with Crippen LogP contribution >= 0.6 is 0 Å². The van der Waals surface area contributed by atoms with Gasteiger partial charge in [0, 0.05) is 38.3 Å².